The third kappa shape index (κ3) is 7.93. The zero-order chi connectivity index (χ0) is 12.6. The van der Waals surface area contributed by atoms with E-state index in [0.717, 1.165) is 19.3 Å². The zero-order valence-electron chi connectivity index (χ0n) is 10.2. The van der Waals surface area contributed by atoms with Crippen LogP contribution in [0, 0.1) is 5.92 Å². The van der Waals surface area contributed by atoms with Crippen LogP contribution >= 0.6 is 0 Å². The minimum Gasteiger partial charge on any atom is -0.330 e. The Kier molecular flexibility index (Phi) is 7.76. The highest BCUT2D eigenvalue weighted by Crippen LogP contribution is 2.18. The highest BCUT2D eigenvalue weighted by atomic mass is 19.4. The van der Waals surface area contributed by atoms with Gasteiger partial charge in [-0.2, -0.15) is 13.2 Å². The van der Waals surface area contributed by atoms with Gasteiger partial charge >= 0.3 is 6.18 Å². The second kappa shape index (κ2) is 7.90. The maximum Gasteiger partial charge on any atom is 0.401 e. The van der Waals surface area contributed by atoms with Crippen LogP contribution in [-0.2, 0) is 0 Å². The van der Waals surface area contributed by atoms with Gasteiger partial charge in [-0.15, -0.1) is 0 Å². The van der Waals surface area contributed by atoms with Crippen LogP contribution in [0.4, 0.5) is 13.2 Å². The Balaban J connectivity index is 4.19. The number of halogens is 3. The van der Waals surface area contributed by atoms with Crippen LogP contribution in [0.3, 0.4) is 0 Å². The molecule has 0 aromatic carbocycles. The molecule has 0 aliphatic rings. The van der Waals surface area contributed by atoms with Gasteiger partial charge < -0.3 is 5.73 Å². The number of nitrogens with two attached hydrogens (primary N) is 1. The summed E-state index contributed by atoms with van der Waals surface area (Å²) in [4.78, 5) is 1.47. The lowest BCUT2D eigenvalue weighted by Gasteiger charge is -2.27. The second-order valence-electron chi connectivity index (χ2n) is 4.24. The van der Waals surface area contributed by atoms with Crippen LogP contribution in [0.5, 0.6) is 0 Å². The summed E-state index contributed by atoms with van der Waals surface area (Å²) in [5.74, 6) is 0.180. The number of alkyl halides is 3. The van der Waals surface area contributed by atoms with Gasteiger partial charge in [-0.05, 0) is 31.8 Å². The number of hydrogen-bond acceptors (Lipinski definition) is 2. The molecule has 1 unspecified atom stereocenters. The molecule has 2 N–H and O–H groups in total. The molecule has 0 rings (SSSR count). The van der Waals surface area contributed by atoms with Gasteiger partial charge in [-0.3, -0.25) is 4.90 Å². The summed E-state index contributed by atoms with van der Waals surface area (Å²) < 4.78 is 36.9. The van der Waals surface area contributed by atoms with E-state index in [4.69, 9.17) is 5.73 Å². The molecule has 0 aliphatic heterocycles. The molecule has 0 aromatic heterocycles. The molecule has 5 heteroatoms. The molecule has 16 heavy (non-hydrogen) atoms. The van der Waals surface area contributed by atoms with E-state index >= 15 is 0 Å². The van der Waals surface area contributed by atoms with Gasteiger partial charge in [0.1, 0.15) is 0 Å². The Labute approximate surface area is 96.0 Å². The molecular formula is C11H23F3N2. The van der Waals surface area contributed by atoms with Gasteiger partial charge in [-0.1, -0.05) is 20.3 Å². The maximum atomic E-state index is 12.3. The standard InChI is InChI=1S/C11H23F3N2/c1-3-5-10(7-15)8-16(6-4-2)9-11(12,13)14/h10H,3-9,15H2,1-2H3. The summed E-state index contributed by atoms with van der Waals surface area (Å²) in [6.07, 6.45) is -1.51. The molecule has 0 aromatic rings. The van der Waals surface area contributed by atoms with E-state index in [1.165, 1.54) is 4.90 Å². The lowest BCUT2D eigenvalue weighted by atomic mass is 10.0. The van der Waals surface area contributed by atoms with Crippen LogP contribution in [0.15, 0.2) is 0 Å². The summed E-state index contributed by atoms with van der Waals surface area (Å²) >= 11 is 0. The molecule has 2 nitrogen and oxygen atoms in total. The third-order valence-corrected chi connectivity index (χ3v) is 2.49. The number of rotatable bonds is 8. The van der Waals surface area contributed by atoms with Crippen molar-refractivity contribution in [3.05, 3.63) is 0 Å². The fourth-order valence-electron chi connectivity index (χ4n) is 1.86. The normalized spacial score (nSPS) is 14.4. The average Bonchev–Trinajstić information content (AvgIpc) is 2.15. The maximum absolute atomic E-state index is 12.3. The van der Waals surface area contributed by atoms with Crippen molar-refractivity contribution in [1.29, 1.82) is 0 Å². The van der Waals surface area contributed by atoms with E-state index in [0.29, 0.717) is 19.6 Å². The topological polar surface area (TPSA) is 29.3 Å². The Morgan fingerprint density at radius 1 is 1.19 bits per heavy atom. The lowest BCUT2D eigenvalue weighted by Crippen LogP contribution is -2.39. The molecule has 0 heterocycles. The minimum atomic E-state index is -4.11. The molecule has 0 spiro atoms. The van der Waals surface area contributed by atoms with Crippen molar-refractivity contribution in [3.63, 3.8) is 0 Å². The second-order valence-corrected chi connectivity index (χ2v) is 4.24. The lowest BCUT2D eigenvalue weighted by molar-refractivity contribution is -0.147. The van der Waals surface area contributed by atoms with Gasteiger partial charge in [0.05, 0.1) is 6.54 Å². The first-order valence-corrected chi connectivity index (χ1v) is 5.92. The van der Waals surface area contributed by atoms with Crippen molar-refractivity contribution in [2.75, 3.05) is 26.2 Å². The van der Waals surface area contributed by atoms with Crippen molar-refractivity contribution in [2.24, 2.45) is 11.7 Å². The molecule has 0 fully saturated rings. The van der Waals surface area contributed by atoms with E-state index in [9.17, 15) is 13.2 Å². The number of hydrogen-bond donors (Lipinski definition) is 1. The first kappa shape index (κ1) is 15.7. The predicted octanol–water partition coefficient (Wildman–Crippen LogP) is 2.64. The molecule has 1 atom stereocenters. The Morgan fingerprint density at radius 3 is 2.19 bits per heavy atom. The van der Waals surface area contributed by atoms with Gasteiger partial charge in [0.25, 0.3) is 0 Å². The number of nitrogens with zero attached hydrogens (tertiary/aromatic N) is 1. The quantitative estimate of drug-likeness (QED) is 0.706. The molecule has 0 amide bonds. The largest absolute Gasteiger partial charge is 0.401 e. The molecule has 0 radical (unpaired) electrons. The van der Waals surface area contributed by atoms with E-state index in [1.54, 1.807) is 0 Å². The summed E-state index contributed by atoms with van der Waals surface area (Å²) in [7, 11) is 0. The van der Waals surface area contributed by atoms with Crippen LogP contribution in [0.25, 0.3) is 0 Å². The van der Waals surface area contributed by atoms with Gasteiger partial charge in [-0.25, -0.2) is 0 Å². The third-order valence-electron chi connectivity index (χ3n) is 2.49. The zero-order valence-corrected chi connectivity index (χ0v) is 10.2. The molecule has 98 valence electrons. The van der Waals surface area contributed by atoms with Gasteiger partial charge in [0.2, 0.25) is 0 Å². The van der Waals surface area contributed by atoms with E-state index in [-0.39, 0.29) is 5.92 Å². The molecule has 0 saturated heterocycles. The Bertz CT molecular complexity index is 171. The summed E-state index contributed by atoms with van der Waals surface area (Å²) in [5, 5.41) is 0. The fourth-order valence-corrected chi connectivity index (χ4v) is 1.86. The highest BCUT2D eigenvalue weighted by Gasteiger charge is 2.30. The molecule has 0 bridgehead atoms. The smallest absolute Gasteiger partial charge is 0.330 e. The minimum absolute atomic E-state index is 0.180. The molecule has 0 aliphatic carbocycles. The first-order valence-electron chi connectivity index (χ1n) is 5.92. The summed E-state index contributed by atoms with van der Waals surface area (Å²) in [6, 6.07) is 0. The highest BCUT2D eigenvalue weighted by molar-refractivity contribution is 4.69. The van der Waals surface area contributed by atoms with E-state index in [1.807, 2.05) is 13.8 Å². The van der Waals surface area contributed by atoms with Gasteiger partial charge in [0.15, 0.2) is 0 Å². The Hall–Kier alpha value is -0.290. The monoisotopic (exact) mass is 240 g/mol. The van der Waals surface area contributed by atoms with E-state index in [2.05, 4.69) is 0 Å². The van der Waals surface area contributed by atoms with Crippen LogP contribution in [-0.4, -0.2) is 37.3 Å². The van der Waals surface area contributed by atoms with Crippen molar-refractivity contribution in [3.8, 4) is 0 Å². The van der Waals surface area contributed by atoms with Crippen molar-refractivity contribution < 1.29 is 13.2 Å². The average molecular weight is 240 g/mol. The summed E-state index contributed by atoms with van der Waals surface area (Å²) in [5.41, 5.74) is 5.56. The summed E-state index contributed by atoms with van der Waals surface area (Å²) in [6.45, 7) is 4.50. The van der Waals surface area contributed by atoms with Crippen LogP contribution < -0.4 is 5.73 Å². The van der Waals surface area contributed by atoms with Crippen molar-refractivity contribution in [2.45, 2.75) is 39.3 Å². The molecule has 0 saturated carbocycles. The van der Waals surface area contributed by atoms with Crippen molar-refractivity contribution >= 4 is 0 Å². The Morgan fingerprint density at radius 2 is 1.81 bits per heavy atom. The predicted molar refractivity (Wildman–Crippen MR) is 60.2 cm³/mol. The SMILES string of the molecule is CCCC(CN)CN(CCC)CC(F)(F)F. The van der Waals surface area contributed by atoms with Gasteiger partial charge in [0, 0.05) is 6.54 Å². The first-order chi connectivity index (χ1) is 7.42. The van der Waals surface area contributed by atoms with Crippen molar-refractivity contribution in [1.82, 2.24) is 4.90 Å². The van der Waals surface area contributed by atoms with E-state index < -0.39 is 12.7 Å². The van der Waals surface area contributed by atoms with Crippen LogP contribution in [0.2, 0.25) is 0 Å². The fraction of sp³-hybridized carbons (Fsp3) is 1.00. The molecular weight excluding hydrogens is 217 g/mol. The van der Waals surface area contributed by atoms with Crippen LogP contribution in [0.1, 0.15) is 33.1 Å².